The summed E-state index contributed by atoms with van der Waals surface area (Å²) in [4.78, 5) is 10.8. The molecular formula is C7H16N2O2. The van der Waals surface area contributed by atoms with Crippen molar-refractivity contribution in [1.82, 2.24) is 0 Å². The zero-order valence-corrected chi connectivity index (χ0v) is 7.04. The highest BCUT2D eigenvalue weighted by Crippen LogP contribution is 1.98. The fourth-order valence-electron chi connectivity index (χ4n) is 0.740. The molecule has 66 valence electrons. The Labute approximate surface area is 66.9 Å². The van der Waals surface area contributed by atoms with E-state index in [4.69, 9.17) is 11.5 Å². The molecule has 0 heterocycles. The highest BCUT2D eigenvalue weighted by atomic mass is 16.5. The first kappa shape index (κ1) is 10.4. The molecule has 0 aliphatic carbocycles. The van der Waals surface area contributed by atoms with Crippen LogP contribution < -0.4 is 11.5 Å². The first-order valence-electron chi connectivity index (χ1n) is 3.70. The molecule has 0 rings (SSSR count). The van der Waals surface area contributed by atoms with E-state index in [0.717, 1.165) is 6.42 Å². The number of rotatable bonds is 4. The van der Waals surface area contributed by atoms with Gasteiger partial charge < -0.3 is 16.2 Å². The molecule has 0 aliphatic rings. The van der Waals surface area contributed by atoms with Crippen molar-refractivity contribution in [3.05, 3.63) is 0 Å². The zero-order valence-electron chi connectivity index (χ0n) is 7.04. The second-order valence-electron chi connectivity index (χ2n) is 2.53. The Morgan fingerprint density at radius 2 is 2.09 bits per heavy atom. The van der Waals surface area contributed by atoms with E-state index in [-0.39, 0.29) is 6.04 Å². The average molecular weight is 160 g/mol. The highest BCUT2D eigenvalue weighted by Gasteiger charge is 2.15. The van der Waals surface area contributed by atoms with Crippen LogP contribution in [0.4, 0.5) is 0 Å². The fourth-order valence-corrected chi connectivity index (χ4v) is 0.740. The normalized spacial score (nSPS) is 15.6. The van der Waals surface area contributed by atoms with Crippen LogP contribution in [-0.2, 0) is 9.53 Å². The quantitative estimate of drug-likeness (QED) is 0.549. The molecular weight excluding hydrogens is 144 g/mol. The first-order valence-corrected chi connectivity index (χ1v) is 3.70. The van der Waals surface area contributed by atoms with Gasteiger partial charge in [0.25, 0.3) is 0 Å². The predicted molar refractivity (Wildman–Crippen MR) is 42.9 cm³/mol. The van der Waals surface area contributed by atoms with Crippen LogP contribution in [0.25, 0.3) is 0 Å². The number of hydrogen-bond acceptors (Lipinski definition) is 4. The van der Waals surface area contributed by atoms with Crippen molar-refractivity contribution in [1.29, 1.82) is 0 Å². The van der Waals surface area contributed by atoms with E-state index in [0.29, 0.717) is 6.42 Å². The summed E-state index contributed by atoms with van der Waals surface area (Å²) in [6.45, 7) is 1.95. The zero-order chi connectivity index (χ0) is 8.85. The number of methoxy groups -OCH3 is 1. The number of ether oxygens (including phenoxy) is 1. The van der Waals surface area contributed by atoms with Gasteiger partial charge in [-0.05, 0) is 12.8 Å². The monoisotopic (exact) mass is 160 g/mol. The van der Waals surface area contributed by atoms with Gasteiger partial charge in [0.2, 0.25) is 0 Å². The standard InChI is InChI=1S/C7H16N2O2/c1-3-5(8)4-6(9)7(10)11-2/h5-6H,3-4,8-9H2,1-2H3. The Morgan fingerprint density at radius 3 is 2.45 bits per heavy atom. The molecule has 0 bridgehead atoms. The second kappa shape index (κ2) is 5.09. The predicted octanol–water partition coefficient (Wildman–Crippen LogP) is -0.386. The lowest BCUT2D eigenvalue weighted by Crippen LogP contribution is -2.37. The molecule has 0 saturated carbocycles. The third kappa shape index (κ3) is 3.95. The molecule has 4 heteroatoms. The van der Waals surface area contributed by atoms with Crippen LogP contribution in [0.3, 0.4) is 0 Å². The smallest absolute Gasteiger partial charge is 0.322 e. The lowest BCUT2D eigenvalue weighted by atomic mass is 10.1. The summed E-state index contributed by atoms with van der Waals surface area (Å²) in [5.41, 5.74) is 11.0. The van der Waals surface area contributed by atoms with E-state index in [9.17, 15) is 4.79 Å². The van der Waals surface area contributed by atoms with Gasteiger partial charge in [0.1, 0.15) is 6.04 Å². The minimum absolute atomic E-state index is 0.0101. The molecule has 0 radical (unpaired) electrons. The van der Waals surface area contributed by atoms with Crippen molar-refractivity contribution in [2.45, 2.75) is 31.8 Å². The molecule has 0 saturated heterocycles. The second-order valence-corrected chi connectivity index (χ2v) is 2.53. The molecule has 2 unspecified atom stereocenters. The van der Waals surface area contributed by atoms with Crippen LogP contribution in [0.1, 0.15) is 19.8 Å². The minimum Gasteiger partial charge on any atom is -0.468 e. The van der Waals surface area contributed by atoms with Crippen LogP contribution in [0.15, 0.2) is 0 Å². The maximum atomic E-state index is 10.8. The van der Waals surface area contributed by atoms with Crippen LogP contribution in [0.5, 0.6) is 0 Å². The SMILES string of the molecule is CCC(N)CC(N)C(=O)OC. The third-order valence-corrected chi connectivity index (χ3v) is 1.58. The van der Waals surface area contributed by atoms with Crippen LogP contribution in [0, 0.1) is 0 Å². The molecule has 0 fully saturated rings. The Morgan fingerprint density at radius 1 is 1.55 bits per heavy atom. The minimum atomic E-state index is -0.574. The van der Waals surface area contributed by atoms with Gasteiger partial charge in [-0.15, -0.1) is 0 Å². The van der Waals surface area contributed by atoms with Crippen molar-refractivity contribution >= 4 is 5.97 Å². The van der Waals surface area contributed by atoms with Gasteiger partial charge in [-0.3, -0.25) is 4.79 Å². The topological polar surface area (TPSA) is 78.3 Å². The molecule has 11 heavy (non-hydrogen) atoms. The molecule has 0 aromatic heterocycles. The lowest BCUT2D eigenvalue weighted by Gasteiger charge is -2.13. The average Bonchev–Trinajstić information content (AvgIpc) is 2.02. The van der Waals surface area contributed by atoms with E-state index >= 15 is 0 Å². The van der Waals surface area contributed by atoms with E-state index < -0.39 is 12.0 Å². The Bertz CT molecular complexity index is 128. The van der Waals surface area contributed by atoms with Gasteiger partial charge >= 0.3 is 5.97 Å². The maximum Gasteiger partial charge on any atom is 0.322 e. The lowest BCUT2D eigenvalue weighted by molar-refractivity contribution is -0.142. The van der Waals surface area contributed by atoms with Crippen LogP contribution in [-0.4, -0.2) is 25.2 Å². The van der Waals surface area contributed by atoms with Gasteiger partial charge in [0.15, 0.2) is 0 Å². The largest absolute Gasteiger partial charge is 0.468 e. The van der Waals surface area contributed by atoms with E-state index in [1.165, 1.54) is 7.11 Å². The van der Waals surface area contributed by atoms with Crippen molar-refractivity contribution in [3.8, 4) is 0 Å². The summed E-state index contributed by atoms with van der Waals surface area (Å²) in [5, 5.41) is 0. The van der Waals surface area contributed by atoms with Gasteiger partial charge in [0.05, 0.1) is 7.11 Å². The molecule has 0 amide bonds. The Kier molecular flexibility index (Phi) is 4.81. The van der Waals surface area contributed by atoms with Gasteiger partial charge in [-0.2, -0.15) is 0 Å². The molecule has 4 nitrogen and oxygen atoms in total. The molecule has 2 atom stereocenters. The van der Waals surface area contributed by atoms with Gasteiger partial charge in [0, 0.05) is 6.04 Å². The van der Waals surface area contributed by atoms with Crippen LogP contribution >= 0.6 is 0 Å². The summed E-state index contributed by atoms with van der Waals surface area (Å²) in [7, 11) is 1.32. The molecule has 0 spiro atoms. The van der Waals surface area contributed by atoms with Gasteiger partial charge in [-0.25, -0.2) is 0 Å². The Hall–Kier alpha value is -0.610. The maximum absolute atomic E-state index is 10.8. The van der Waals surface area contributed by atoms with Gasteiger partial charge in [-0.1, -0.05) is 6.92 Å². The summed E-state index contributed by atoms with van der Waals surface area (Å²) in [6.07, 6.45) is 1.31. The number of carbonyl (C=O) groups excluding carboxylic acids is 1. The summed E-state index contributed by atoms with van der Waals surface area (Å²) in [5.74, 6) is -0.395. The third-order valence-electron chi connectivity index (χ3n) is 1.58. The number of esters is 1. The Balaban J connectivity index is 3.67. The molecule has 0 aliphatic heterocycles. The molecule has 0 aromatic rings. The van der Waals surface area contributed by atoms with Crippen molar-refractivity contribution in [2.75, 3.05) is 7.11 Å². The van der Waals surface area contributed by atoms with E-state index in [1.54, 1.807) is 0 Å². The number of hydrogen-bond donors (Lipinski definition) is 2. The summed E-state index contributed by atoms with van der Waals surface area (Å²) in [6, 6.07) is -0.584. The highest BCUT2D eigenvalue weighted by molar-refractivity contribution is 5.75. The summed E-state index contributed by atoms with van der Waals surface area (Å²) >= 11 is 0. The first-order chi connectivity index (χ1) is 5.11. The van der Waals surface area contributed by atoms with E-state index in [1.807, 2.05) is 6.92 Å². The summed E-state index contributed by atoms with van der Waals surface area (Å²) < 4.78 is 4.44. The van der Waals surface area contributed by atoms with Crippen molar-refractivity contribution in [3.63, 3.8) is 0 Å². The fraction of sp³-hybridized carbons (Fsp3) is 0.857. The molecule has 4 N–H and O–H groups in total. The van der Waals surface area contributed by atoms with Crippen molar-refractivity contribution < 1.29 is 9.53 Å². The molecule has 0 aromatic carbocycles. The van der Waals surface area contributed by atoms with Crippen LogP contribution in [0.2, 0.25) is 0 Å². The van der Waals surface area contributed by atoms with E-state index in [2.05, 4.69) is 4.74 Å². The number of carbonyl (C=O) groups is 1. The number of nitrogens with two attached hydrogens (primary N) is 2. The van der Waals surface area contributed by atoms with Crippen molar-refractivity contribution in [2.24, 2.45) is 11.5 Å².